The first-order valence-electron chi connectivity index (χ1n) is 46.3. The molecule has 0 fully saturated rings. The van der Waals surface area contributed by atoms with Crippen LogP contribution in [0, 0.1) is 20.8 Å². The summed E-state index contributed by atoms with van der Waals surface area (Å²) in [6, 6.07) is 157. The normalized spacial score (nSPS) is 13.2. The Kier molecular flexibility index (Phi) is 21.7. The predicted molar refractivity (Wildman–Crippen MR) is 570 cm³/mol. The molecule has 0 heterocycles. The summed E-state index contributed by atoms with van der Waals surface area (Å²) in [6.07, 6.45) is 0.691. The maximum atomic E-state index is 2.59. The van der Waals surface area contributed by atoms with Crippen LogP contribution in [-0.4, -0.2) is 32.3 Å². The molecule has 2 aliphatic rings. The number of para-hydroxylation sites is 1. The average molecular weight is 1750 g/mol. The summed E-state index contributed by atoms with van der Waals surface area (Å²) in [4.78, 5) is 10.1. The number of anilines is 12. The Labute approximate surface area is 774 Å². The Balaban J connectivity index is 0.754. The number of aryl methyl sites for hydroxylation is 3. The van der Waals surface area contributed by atoms with E-state index in [0.29, 0.717) is 6.42 Å². The molecule has 0 amide bonds. The molecule has 20 rings (SSSR count). The fourth-order valence-electron chi connectivity index (χ4n) is 20.9. The van der Waals surface area contributed by atoms with Crippen LogP contribution in [0.4, 0.5) is 68.2 Å². The van der Waals surface area contributed by atoms with Crippen molar-refractivity contribution in [1.82, 2.24) is 0 Å². The summed E-state index contributed by atoms with van der Waals surface area (Å²) in [5, 5.41) is 10.5. The van der Waals surface area contributed by atoms with Gasteiger partial charge in [-0.15, -0.1) is 0 Å². The van der Waals surface area contributed by atoms with Crippen molar-refractivity contribution in [2.24, 2.45) is 0 Å². The van der Waals surface area contributed by atoms with Gasteiger partial charge in [-0.3, -0.25) is 0 Å². The molecule has 0 saturated carbocycles. The van der Waals surface area contributed by atoms with Crippen molar-refractivity contribution in [3.05, 3.63) is 479 Å². The predicted octanol–water partition coefficient (Wildman–Crippen LogP) is 31.3. The fourth-order valence-corrected chi connectivity index (χ4v) is 25.6. The molecule has 18 aromatic carbocycles. The summed E-state index contributed by atoms with van der Waals surface area (Å²) in [6.45, 7) is 36.1. The molecule has 0 aliphatic heterocycles. The molecule has 0 unspecified atom stereocenters. The second-order valence-electron chi connectivity index (χ2n) is 40.2. The van der Waals surface area contributed by atoms with Gasteiger partial charge in [-0.05, 0) is 266 Å². The minimum absolute atomic E-state index is 0.691. The van der Waals surface area contributed by atoms with Crippen molar-refractivity contribution in [3.8, 4) is 22.3 Å². The highest BCUT2D eigenvalue weighted by molar-refractivity contribution is 6.90. The second kappa shape index (κ2) is 33.2. The zero-order valence-corrected chi connectivity index (χ0v) is 81.7. The minimum atomic E-state index is -1.75. The van der Waals surface area contributed by atoms with Crippen molar-refractivity contribution < 1.29 is 0 Å². The van der Waals surface area contributed by atoms with Crippen molar-refractivity contribution in [2.75, 3.05) is 19.6 Å². The number of hydrogen-bond donors (Lipinski definition) is 0. The molecule has 0 aromatic heterocycles. The molecule has 0 atom stereocenters. The van der Waals surface area contributed by atoms with Gasteiger partial charge in [0, 0.05) is 67.6 Å². The number of hydrogen-bond acceptors (Lipinski definition) is 4. The van der Waals surface area contributed by atoms with Gasteiger partial charge >= 0.3 is 0 Å². The number of benzene rings is 18. The monoisotopic (exact) mass is 1750 g/mol. The van der Waals surface area contributed by atoms with E-state index in [1.165, 1.54) is 137 Å². The summed E-state index contributed by atoms with van der Waals surface area (Å²) in [7, 11) is -6.74. The lowest BCUT2D eigenvalue weighted by Crippen LogP contribution is -2.37. The van der Waals surface area contributed by atoms with E-state index >= 15 is 0 Å². The SMILES string of the molecule is Cc1ccc(N(c2ccc([Si](C)(C)C)cc2)c2cc3c(c4ccccc24)-c2ccc(N(c4ccc([Si](C)(C)C)cc4)c4ccc(C)c(Cc5cccc(N(c6ccc([Si](C)(C)C)cc6)c6cc7c(c8ccccc68)-c6ccc(N(c8ccccc8)c8ccc([Si](C)(C)C)cc8)cc6C7(c6ccccc6)c6ccccc6)c5)c4)cc2C3(c2ccccc2)c2ccccc2)cc1C. The molecule has 2 aliphatic carbocycles. The maximum Gasteiger partial charge on any atom is 0.0775 e. The first-order chi connectivity index (χ1) is 62.7. The molecule has 8 heteroatoms. The molecule has 0 spiro atoms. The van der Waals surface area contributed by atoms with Crippen LogP contribution < -0.4 is 40.3 Å². The molecule has 0 bridgehead atoms. The molecule has 0 N–H and O–H groups in total. The molecule has 130 heavy (non-hydrogen) atoms. The number of fused-ring (bicyclic) bond motifs is 10. The van der Waals surface area contributed by atoms with E-state index in [2.05, 4.69) is 525 Å². The zero-order chi connectivity index (χ0) is 89.8. The van der Waals surface area contributed by atoms with Gasteiger partial charge in [-0.2, -0.15) is 0 Å². The van der Waals surface area contributed by atoms with E-state index in [1.54, 1.807) is 0 Å². The minimum Gasteiger partial charge on any atom is -0.310 e. The molecule has 638 valence electrons. The van der Waals surface area contributed by atoms with Crippen LogP contribution in [0.5, 0.6) is 0 Å². The molecular formula is C122H114N4Si4. The number of rotatable bonds is 22. The highest BCUT2D eigenvalue weighted by Crippen LogP contribution is 2.64. The van der Waals surface area contributed by atoms with Crippen molar-refractivity contribution in [2.45, 2.75) is 117 Å². The lowest BCUT2D eigenvalue weighted by molar-refractivity contribution is 0.769. The van der Waals surface area contributed by atoms with Crippen LogP contribution in [0.25, 0.3) is 43.8 Å². The van der Waals surface area contributed by atoms with Crippen molar-refractivity contribution >= 4 is 143 Å². The average Bonchev–Trinajstić information content (AvgIpc) is 1.52. The van der Waals surface area contributed by atoms with Crippen LogP contribution in [0.1, 0.15) is 72.3 Å². The quantitative estimate of drug-likeness (QED) is 0.0627. The third-order valence-electron chi connectivity index (χ3n) is 27.9. The van der Waals surface area contributed by atoms with E-state index in [0.717, 1.165) is 68.2 Å². The second-order valence-corrected chi connectivity index (χ2v) is 60.6. The highest BCUT2D eigenvalue weighted by Gasteiger charge is 2.50. The number of nitrogens with zero attached hydrogens (tertiary/aromatic N) is 4. The van der Waals surface area contributed by atoms with E-state index in [1.807, 2.05) is 0 Å². The van der Waals surface area contributed by atoms with E-state index in [-0.39, 0.29) is 0 Å². The fraction of sp³-hybridized carbons (Fsp3) is 0.148. The summed E-state index contributed by atoms with van der Waals surface area (Å²) in [5.74, 6) is 0. The third kappa shape index (κ3) is 14.9. The van der Waals surface area contributed by atoms with Gasteiger partial charge in [0.15, 0.2) is 0 Å². The first-order valence-corrected chi connectivity index (χ1v) is 60.3. The Hall–Kier alpha value is -13.5. The maximum absolute atomic E-state index is 2.59. The summed E-state index contributed by atoms with van der Waals surface area (Å²) in [5.41, 5.74) is 32.9. The van der Waals surface area contributed by atoms with Gasteiger partial charge in [0.2, 0.25) is 0 Å². The van der Waals surface area contributed by atoms with Gasteiger partial charge in [-0.25, -0.2) is 0 Å². The summed E-state index contributed by atoms with van der Waals surface area (Å²) < 4.78 is 0. The lowest BCUT2D eigenvalue weighted by atomic mass is 9.67. The van der Waals surface area contributed by atoms with E-state index in [9.17, 15) is 0 Å². The van der Waals surface area contributed by atoms with Gasteiger partial charge in [0.25, 0.3) is 0 Å². The van der Waals surface area contributed by atoms with Crippen LogP contribution in [0.15, 0.2) is 406 Å². The van der Waals surface area contributed by atoms with E-state index < -0.39 is 43.1 Å². The van der Waals surface area contributed by atoms with Gasteiger partial charge in [0.05, 0.1) is 54.5 Å². The largest absolute Gasteiger partial charge is 0.310 e. The van der Waals surface area contributed by atoms with Crippen LogP contribution in [0.2, 0.25) is 78.6 Å². The topological polar surface area (TPSA) is 13.0 Å². The van der Waals surface area contributed by atoms with Crippen molar-refractivity contribution in [1.29, 1.82) is 0 Å². The molecule has 4 nitrogen and oxygen atoms in total. The van der Waals surface area contributed by atoms with Gasteiger partial charge < -0.3 is 19.6 Å². The molecule has 0 radical (unpaired) electrons. The third-order valence-corrected chi connectivity index (χ3v) is 36.2. The molecular weight excluding hydrogens is 1630 g/mol. The summed E-state index contributed by atoms with van der Waals surface area (Å²) >= 11 is 0. The Morgan fingerprint density at radius 2 is 0.492 bits per heavy atom. The molecule has 0 saturated heterocycles. The smallest absolute Gasteiger partial charge is 0.0775 e. The Morgan fingerprint density at radius 1 is 0.208 bits per heavy atom. The van der Waals surface area contributed by atoms with Gasteiger partial charge in [0.1, 0.15) is 0 Å². The van der Waals surface area contributed by atoms with Crippen LogP contribution in [0.3, 0.4) is 0 Å². The Morgan fingerprint density at radius 3 is 0.862 bits per heavy atom. The highest BCUT2D eigenvalue weighted by atomic mass is 28.3. The van der Waals surface area contributed by atoms with Crippen molar-refractivity contribution in [3.63, 3.8) is 0 Å². The van der Waals surface area contributed by atoms with Gasteiger partial charge in [-0.1, -0.05) is 372 Å². The standard InChI is InChI=1S/C122H114N4Si4/c1-84-52-54-99(76-86(84)3)126(97-62-72-106(73-63-97)130(13,14)15)118-83-116-120(110-51-34-32-49-108(110)118)112-75-65-102(81-114(112)122(116,91-41-25-18-26-42-91)92-43-27-19-28-44-92)124(95-58-68-104(69-59-95)128(7,8)9)100-55-53-85(2)88(79-100)77-87-36-35-47-98(78-87)125(96-60-70-105(71-61-96)129(10,11)12)117-82-115-119(109-50-33-31-48-107(109)117)111-74-64-101(80-113(111)121(115,89-37-21-16-22-38-89)90-39-23-17-24-40-90)123(93-45-29-20-30-46-93)94-56-66-103(67-57-94)127(4,5)6/h16-76,78-83H,77H2,1-15H3. The van der Waals surface area contributed by atoms with Crippen LogP contribution in [-0.2, 0) is 17.3 Å². The Bertz CT molecular complexity index is 7220. The molecule has 18 aromatic rings. The van der Waals surface area contributed by atoms with Crippen LogP contribution >= 0.6 is 0 Å². The lowest BCUT2D eigenvalue weighted by Gasteiger charge is -2.36. The zero-order valence-electron chi connectivity index (χ0n) is 77.7. The van der Waals surface area contributed by atoms with E-state index in [4.69, 9.17) is 0 Å². The first kappa shape index (κ1) is 84.7.